The van der Waals surface area contributed by atoms with E-state index in [0.717, 1.165) is 48.0 Å². The third kappa shape index (κ3) is 3.24. The molecule has 0 saturated carbocycles. The van der Waals surface area contributed by atoms with Crippen LogP contribution in [0.25, 0.3) is 5.65 Å². The predicted octanol–water partition coefficient (Wildman–Crippen LogP) is 1.06. The molecule has 1 atom stereocenters. The molecule has 26 heavy (non-hydrogen) atoms. The maximum Gasteiger partial charge on any atom is 0.220 e. The molecule has 0 radical (unpaired) electrons. The quantitative estimate of drug-likeness (QED) is 0.730. The molecule has 136 valence electrons. The van der Waals surface area contributed by atoms with E-state index in [9.17, 15) is 4.79 Å². The molecule has 0 aliphatic carbocycles. The predicted molar refractivity (Wildman–Crippen MR) is 93.8 cm³/mol. The smallest absolute Gasteiger partial charge is 0.220 e. The number of anilines is 1. The minimum atomic E-state index is 0.0547. The monoisotopic (exact) mass is 355 g/mol. The fraction of sp³-hybridized carbons (Fsp3) is 0.471. The highest BCUT2D eigenvalue weighted by Gasteiger charge is 2.25. The average molecular weight is 355 g/mol. The summed E-state index contributed by atoms with van der Waals surface area (Å²) < 4.78 is 6.80. The first kappa shape index (κ1) is 16.5. The van der Waals surface area contributed by atoms with Crippen molar-refractivity contribution in [2.24, 2.45) is 0 Å². The van der Waals surface area contributed by atoms with E-state index < -0.39 is 0 Å². The summed E-state index contributed by atoms with van der Waals surface area (Å²) in [5.41, 5.74) is 2.61. The second-order valence-corrected chi connectivity index (χ2v) is 6.63. The molecule has 1 aliphatic rings. The Bertz CT molecular complexity index is 913. The number of nitrogens with one attached hydrogen (secondary N) is 1. The Morgan fingerprint density at radius 2 is 2.27 bits per heavy atom. The van der Waals surface area contributed by atoms with Crippen molar-refractivity contribution in [1.82, 2.24) is 30.3 Å². The lowest BCUT2D eigenvalue weighted by Crippen LogP contribution is -2.37. The van der Waals surface area contributed by atoms with Crippen molar-refractivity contribution in [3.63, 3.8) is 0 Å². The van der Waals surface area contributed by atoms with Crippen molar-refractivity contribution in [2.45, 2.75) is 39.2 Å². The Balaban J connectivity index is 1.31. The normalized spacial score (nSPS) is 17.2. The number of nitrogens with zero attached hydrogens (tertiary/aromatic N) is 6. The van der Waals surface area contributed by atoms with Crippen LogP contribution < -0.4 is 10.2 Å². The van der Waals surface area contributed by atoms with Crippen LogP contribution in [0.3, 0.4) is 0 Å². The molecule has 0 bridgehead atoms. The lowest BCUT2D eigenvalue weighted by Gasteiger charge is -2.17. The van der Waals surface area contributed by atoms with Crippen LogP contribution in [0.2, 0.25) is 0 Å². The van der Waals surface area contributed by atoms with Gasteiger partial charge in [-0.15, -0.1) is 15.3 Å². The van der Waals surface area contributed by atoms with Gasteiger partial charge in [0, 0.05) is 31.1 Å². The summed E-state index contributed by atoms with van der Waals surface area (Å²) in [5, 5.41) is 19.4. The fourth-order valence-electron chi connectivity index (χ4n) is 3.37. The van der Waals surface area contributed by atoms with Crippen LogP contribution in [0, 0.1) is 13.8 Å². The van der Waals surface area contributed by atoms with Crippen LogP contribution in [0.1, 0.15) is 29.9 Å². The Labute approximate surface area is 150 Å². The van der Waals surface area contributed by atoms with Gasteiger partial charge in [-0.1, -0.05) is 5.16 Å². The van der Waals surface area contributed by atoms with E-state index in [1.54, 1.807) is 10.8 Å². The topological polar surface area (TPSA) is 101 Å². The van der Waals surface area contributed by atoms with E-state index in [4.69, 9.17) is 4.52 Å². The van der Waals surface area contributed by atoms with Crippen molar-refractivity contribution >= 4 is 17.4 Å². The second-order valence-electron chi connectivity index (χ2n) is 6.63. The Hall–Kier alpha value is -2.97. The van der Waals surface area contributed by atoms with Gasteiger partial charge in [-0.2, -0.15) is 4.52 Å². The van der Waals surface area contributed by atoms with Crippen molar-refractivity contribution in [1.29, 1.82) is 0 Å². The van der Waals surface area contributed by atoms with Crippen molar-refractivity contribution in [3.8, 4) is 0 Å². The minimum Gasteiger partial charge on any atom is -0.361 e. The first-order valence-corrected chi connectivity index (χ1v) is 8.73. The molecule has 1 saturated heterocycles. The molecule has 4 heterocycles. The van der Waals surface area contributed by atoms with Gasteiger partial charge < -0.3 is 14.7 Å². The molecule has 9 heteroatoms. The Kier molecular flexibility index (Phi) is 4.27. The Morgan fingerprint density at radius 3 is 3.08 bits per heavy atom. The average Bonchev–Trinajstić information content (AvgIpc) is 3.34. The summed E-state index contributed by atoms with van der Waals surface area (Å²) >= 11 is 0. The molecular weight excluding hydrogens is 334 g/mol. The first-order chi connectivity index (χ1) is 12.6. The van der Waals surface area contributed by atoms with Crippen LogP contribution >= 0.6 is 0 Å². The molecule has 1 amide bonds. The van der Waals surface area contributed by atoms with Gasteiger partial charge in [-0.3, -0.25) is 4.79 Å². The van der Waals surface area contributed by atoms with E-state index >= 15 is 0 Å². The highest BCUT2D eigenvalue weighted by molar-refractivity contribution is 5.76. The third-order valence-electron chi connectivity index (χ3n) is 4.81. The molecule has 4 rings (SSSR count). The second kappa shape index (κ2) is 6.74. The molecule has 3 aromatic rings. The third-order valence-corrected chi connectivity index (χ3v) is 4.81. The van der Waals surface area contributed by atoms with Crippen LogP contribution in [0.15, 0.2) is 23.0 Å². The largest absolute Gasteiger partial charge is 0.361 e. The number of carbonyl (C=O) groups is 1. The van der Waals surface area contributed by atoms with Crippen LogP contribution in [0.5, 0.6) is 0 Å². The summed E-state index contributed by atoms with van der Waals surface area (Å²) in [6.45, 7) is 5.38. The van der Waals surface area contributed by atoms with Crippen LogP contribution in [-0.4, -0.2) is 50.0 Å². The van der Waals surface area contributed by atoms with E-state index in [2.05, 4.69) is 30.7 Å². The van der Waals surface area contributed by atoms with Gasteiger partial charge in [0.1, 0.15) is 17.9 Å². The van der Waals surface area contributed by atoms with Gasteiger partial charge in [0.15, 0.2) is 5.65 Å². The zero-order chi connectivity index (χ0) is 18.1. The molecular formula is C17H21N7O2. The SMILES string of the molecule is Cc1noc(C)c1CCC(=O)NC1CCN(c2ccc3nncn3n2)C1. The molecule has 3 aromatic heterocycles. The van der Waals surface area contributed by atoms with Gasteiger partial charge in [0.05, 0.1) is 5.69 Å². The molecule has 1 fully saturated rings. The lowest BCUT2D eigenvalue weighted by molar-refractivity contribution is -0.121. The number of fused-ring (bicyclic) bond motifs is 1. The van der Waals surface area contributed by atoms with Gasteiger partial charge in [-0.25, -0.2) is 0 Å². The molecule has 9 nitrogen and oxygen atoms in total. The summed E-state index contributed by atoms with van der Waals surface area (Å²) in [6.07, 6.45) is 3.57. The number of aryl methyl sites for hydroxylation is 2. The zero-order valence-electron chi connectivity index (χ0n) is 14.8. The number of rotatable bonds is 5. The van der Waals surface area contributed by atoms with Crippen LogP contribution in [0.4, 0.5) is 5.82 Å². The standard InChI is InChI=1S/C17H21N7O2/c1-11-14(12(2)26-22-11)3-6-17(25)19-13-7-8-23(9-13)16-5-4-15-20-18-10-24(15)21-16/h4-5,10,13H,3,6-9H2,1-2H3,(H,19,25). The minimum absolute atomic E-state index is 0.0547. The van der Waals surface area contributed by atoms with E-state index in [1.165, 1.54) is 0 Å². The number of hydrogen-bond donors (Lipinski definition) is 1. The number of aromatic nitrogens is 5. The summed E-state index contributed by atoms with van der Waals surface area (Å²) in [7, 11) is 0. The number of carbonyl (C=O) groups excluding carboxylic acids is 1. The molecule has 1 N–H and O–H groups in total. The van der Waals surface area contributed by atoms with Crippen molar-refractivity contribution in [3.05, 3.63) is 35.5 Å². The van der Waals surface area contributed by atoms with E-state index in [1.807, 2.05) is 26.0 Å². The van der Waals surface area contributed by atoms with Crippen LogP contribution in [-0.2, 0) is 11.2 Å². The zero-order valence-corrected chi connectivity index (χ0v) is 14.8. The number of hydrogen-bond acceptors (Lipinski definition) is 7. The van der Waals surface area contributed by atoms with Gasteiger partial charge in [-0.05, 0) is 38.8 Å². The first-order valence-electron chi connectivity index (χ1n) is 8.73. The highest BCUT2D eigenvalue weighted by Crippen LogP contribution is 2.19. The summed E-state index contributed by atoms with van der Waals surface area (Å²) in [5.74, 6) is 1.71. The number of amides is 1. The summed E-state index contributed by atoms with van der Waals surface area (Å²) in [4.78, 5) is 14.4. The maximum absolute atomic E-state index is 12.3. The Morgan fingerprint density at radius 1 is 1.38 bits per heavy atom. The van der Waals surface area contributed by atoms with E-state index in [0.29, 0.717) is 12.8 Å². The van der Waals surface area contributed by atoms with Gasteiger partial charge in [0.25, 0.3) is 0 Å². The van der Waals surface area contributed by atoms with Gasteiger partial charge in [0.2, 0.25) is 5.91 Å². The molecule has 0 spiro atoms. The molecule has 0 aromatic carbocycles. The highest BCUT2D eigenvalue weighted by atomic mass is 16.5. The molecule has 1 unspecified atom stereocenters. The van der Waals surface area contributed by atoms with Gasteiger partial charge >= 0.3 is 0 Å². The maximum atomic E-state index is 12.3. The summed E-state index contributed by atoms with van der Waals surface area (Å²) in [6, 6.07) is 3.96. The van der Waals surface area contributed by atoms with Crippen molar-refractivity contribution in [2.75, 3.05) is 18.0 Å². The fourth-order valence-corrected chi connectivity index (χ4v) is 3.37. The molecule has 1 aliphatic heterocycles. The lowest BCUT2D eigenvalue weighted by atomic mass is 10.1. The van der Waals surface area contributed by atoms with Crippen molar-refractivity contribution < 1.29 is 9.32 Å². The van der Waals surface area contributed by atoms with E-state index in [-0.39, 0.29) is 11.9 Å².